The minimum absolute atomic E-state index is 0.602. The van der Waals surface area contributed by atoms with Crippen molar-refractivity contribution in [2.45, 2.75) is 20.8 Å². The summed E-state index contributed by atoms with van der Waals surface area (Å²) in [4.78, 5) is 0. The van der Waals surface area contributed by atoms with Gasteiger partial charge in [-0.2, -0.15) is 5.10 Å². The van der Waals surface area contributed by atoms with Gasteiger partial charge in [0.05, 0.1) is 26.8 Å². The van der Waals surface area contributed by atoms with Gasteiger partial charge in [-0.25, -0.2) is 4.45 Å². The average Bonchev–Trinajstić information content (AvgIpc) is 2.98. The van der Waals surface area contributed by atoms with E-state index in [0.29, 0.717) is 6.37 Å². The Morgan fingerprint density at radius 2 is 1.65 bits per heavy atom. The third-order valence-corrected chi connectivity index (χ3v) is 4.66. The monoisotopic (exact) mass is 406 g/mol. The predicted octanol–water partition coefficient (Wildman–Crippen LogP) is 4.69. The maximum Gasteiger partial charge on any atom is 0.126 e. The Labute approximate surface area is 135 Å². The molecule has 0 spiro atoms. The minimum Gasteiger partial charge on any atom is -0.496 e. The summed E-state index contributed by atoms with van der Waals surface area (Å²) >= 11 is 2.30. The van der Waals surface area contributed by atoms with Crippen molar-refractivity contribution >= 4 is 28.4 Å². The first-order valence-electron chi connectivity index (χ1n) is 6.34. The Bertz CT molecular complexity index is 533. The lowest BCUT2D eigenvalue weighted by Gasteiger charge is -2.11. The van der Waals surface area contributed by atoms with E-state index in [2.05, 4.69) is 27.1 Å². The highest BCUT2D eigenvalue weighted by Gasteiger charge is 2.10. The Morgan fingerprint density at radius 3 is 2.05 bits per heavy atom. The minimum atomic E-state index is 0.602. The molecule has 0 saturated heterocycles. The molecule has 1 atom stereocenters. The molecule has 2 rings (SSSR count). The summed E-state index contributed by atoms with van der Waals surface area (Å²) in [5.74, 6) is 1.66. The van der Waals surface area contributed by atoms with Crippen LogP contribution in [0.15, 0.2) is 24.5 Å². The Balaban J connectivity index is 0.000000956. The molecule has 2 aromatic rings. The van der Waals surface area contributed by atoms with Gasteiger partial charge in [0.2, 0.25) is 0 Å². The Hall–Kier alpha value is -0.810. The summed E-state index contributed by atoms with van der Waals surface area (Å²) in [6, 6.07) is 4.02. The highest BCUT2D eigenvalue weighted by molar-refractivity contribution is 14.2. The number of benzene rings is 1. The first-order chi connectivity index (χ1) is 9.69. The van der Waals surface area contributed by atoms with Gasteiger partial charge in [-0.3, -0.25) is 0 Å². The van der Waals surface area contributed by atoms with E-state index in [4.69, 9.17) is 9.47 Å². The zero-order valence-corrected chi connectivity index (χ0v) is 15.6. The third-order valence-electron chi connectivity index (χ3n) is 2.75. The van der Waals surface area contributed by atoms with Gasteiger partial charge in [-0.15, -0.1) is 0 Å². The summed E-state index contributed by atoms with van der Waals surface area (Å²) in [5, 5.41) is 4.28. The van der Waals surface area contributed by atoms with Crippen LogP contribution >= 0.6 is 28.4 Å². The number of nitrogens with zero attached hydrogens (tertiary/aromatic N) is 2. The maximum absolute atomic E-state index is 5.38. The van der Waals surface area contributed by atoms with E-state index in [1.165, 1.54) is 0 Å². The molecule has 0 bridgehead atoms. The molecule has 1 aromatic carbocycles. The molecule has 0 amide bonds. The number of halogens is 1. The van der Waals surface area contributed by atoms with Crippen LogP contribution in [0.2, 0.25) is 0 Å². The number of hydrogen-bond donors (Lipinski definition) is 0. The second-order valence-corrected chi connectivity index (χ2v) is 5.84. The highest BCUT2D eigenvalue weighted by atomic mass is 127. The first-order valence-corrected chi connectivity index (χ1v) is 10.4. The largest absolute Gasteiger partial charge is 0.496 e. The molecule has 110 valence electrons. The lowest BCUT2D eigenvalue weighted by atomic mass is 10.1. The van der Waals surface area contributed by atoms with Crippen molar-refractivity contribution < 1.29 is 9.47 Å². The molecule has 4 nitrogen and oxygen atoms in total. The third kappa shape index (κ3) is 3.85. The summed E-state index contributed by atoms with van der Waals surface area (Å²) < 4.78 is 12.7. The van der Waals surface area contributed by atoms with E-state index < -0.39 is 0 Å². The number of methoxy groups -OCH3 is 2. The molecule has 6 heteroatoms. The van der Waals surface area contributed by atoms with Gasteiger partial charge in [0, 0.05) is 17.3 Å². The van der Waals surface area contributed by atoms with Crippen molar-refractivity contribution in [2.75, 3.05) is 14.2 Å². The van der Waals surface area contributed by atoms with Gasteiger partial charge in [0.25, 0.3) is 0 Å². The molecular formula is C14H20IN2O2P. The fourth-order valence-corrected chi connectivity index (χ4v) is 2.85. The van der Waals surface area contributed by atoms with Crippen LogP contribution in [0.5, 0.6) is 11.5 Å². The molecule has 0 radical (unpaired) electrons. The normalized spacial score (nSPS) is 10.3. The summed E-state index contributed by atoms with van der Waals surface area (Å²) in [7, 11) is 3.34. The van der Waals surface area contributed by atoms with Crippen LogP contribution in [0.1, 0.15) is 19.4 Å². The van der Waals surface area contributed by atoms with E-state index in [1.807, 2.05) is 49.7 Å². The molecule has 1 heterocycles. The predicted molar refractivity (Wildman–Crippen MR) is 94.6 cm³/mol. The van der Waals surface area contributed by atoms with Crippen molar-refractivity contribution in [1.29, 1.82) is 0 Å². The van der Waals surface area contributed by atoms with Gasteiger partial charge < -0.3 is 9.47 Å². The fraction of sp³-hybridized carbons (Fsp3) is 0.357. The second kappa shape index (κ2) is 8.47. The summed E-state index contributed by atoms with van der Waals surface area (Å²) in [5.41, 5.74) is 3.12. The average molecular weight is 406 g/mol. The molecule has 0 fully saturated rings. The zero-order chi connectivity index (χ0) is 15.1. The standard InChI is InChI=1S/C12H14IN2O2P.C2H6/c1-8-11(16-2)4-9(5-12(8)17-3)10-6-14-15(7-10)18-13;1-2/h4-7,18H,1-3H3;1-2H3. The quantitative estimate of drug-likeness (QED) is 0.546. The molecule has 0 aliphatic heterocycles. The van der Waals surface area contributed by atoms with Crippen molar-refractivity contribution in [2.24, 2.45) is 0 Å². The molecule has 1 unspecified atom stereocenters. The number of hydrogen-bond acceptors (Lipinski definition) is 3. The molecular weight excluding hydrogens is 386 g/mol. The second-order valence-electron chi connectivity index (χ2n) is 3.76. The van der Waals surface area contributed by atoms with Crippen molar-refractivity contribution in [1.82, 2.24) is 9.55 Å². The summed E-state index contributed by atoms with van der Waals surface area (Å²) in [6.07, 6.45) is 4.48. The lowest BCUT2D eigenvalue weighted by molar-refractivity contribution is 0.389. The summed E-state index contributed by atoms with van der Waals surface area (Å²) in [6.45, 7) is 5.98. The van der Waals surface area contributed by atoms with Crippen molar-refractivity contribution in [3.63, 3.8) is 0 Å². The van der Waals surface area contributed by atoms with E-state index in [9.17, 15) is 0 Å². The van der Waals surface area contributed by atoms with E-state index in [-0.39, 0.29) is 0 Å². The van der Waals surface area contributed by atoms with E-state index in [0.717, 1.165) is 28.2 Å². The molecule has 1 aromatic heterocycles. The van der Waals surface area contributed by atoms with Crippen LogP contribution in [0.25, 0.3) is 11.1 Å². The first kappa shape index (κ1) is 17.2. The van der Waals surface area contributed by atoms with Crippen LogP contribution in [0.4, 0.5) is 0 Å². The van der Waals surface area contributed by atoms with Gasteiger partial charge >= 0.3 is 0 Å². The SMILES string of the molecule is CC.COc1cc(-c2cnn(PI)c2)cc(OC)c1C. The van der Waals surface area contributed by atoms with Gasteiger partial charge in [-0.1, -0.05) is 13.8 Å². The van der Waals surface area contributed by atoms with Crippen LogP contribution in [0, 0.1) is 6.92 Å². The van der Waals surface area contributed by atoms with Gasteiger partial charge in [0.1, 0.15) is 11.5 Å². The Morgan fingerprint density at radius 1 is 1.10 bits per heavy atom. The maximum atomic E-state index is 5.38. The zero-order valence-electron chi connectivity index (χ0n) is 12.4. The van der Waals surface area contributed by atoms with Crippen LogP contribution in [0.3, 0.4) is 0 Å². The lowest BCUT2D eigenvalue weighted by Crippen LogP contribution is -1.93. The van der Waals surface area contributed by atoms with Gasteiger partial charge in [0.15, 0.2) is 0 Å². The number of rotatable bonds is 4. The molecule has 0 saturated carbocycles. The van der Waals surface area contributed by atoms with Crippen molar-refractivity contribution in [3.8, 4) is 22.6 Å². The smallest absolute Gasteiger partial charge is 0.126 e. The van der Waals surface area contributed by atoms with Crippen LogP contribution in [-0.4, -0.2) is 23.8 Å². The number of aromatic nitrogens is 2. The molecule has 0 aliphatic rings. The topological polar surface area (TPSA) is 36.3 Å². The Kier molecular flexibility index (Phi) is 7.30. The van der Waals surface area contributed by atoms with E-state index in [1.54, 1.807) is 14.2 Å². The highest BCUT2D eigenvalue weighted by Crippen LogP contribution is 2.35. The van der Waals surface area contributed by atoms with E-state index >= 15 is 0 Å². The van der Waals surface area contributed by atoms with Crippen LogP contribution in [-0.2, 0) is 0 Å². The van der Waals surface area contributed by atoms with Crippen LogP contribution < -0.4 is 9.47 Å². The molecule has 20 heavy (non-hydrogen) atoms. The van der Waals surface area contributed by atoms with Crippen molar-refractivity contribution in [3.05, 3.63) is 30.1 Å². The number of ether oxygens (including phenoxy) is 2. The molecule has 0 aliphatic carbocycles. The fourth-order valence-electron chi connectivity index (χ4n) is 1.77. The van der Waals surface area contributed by atoms with Gasteiger partial charge in [-0.05, 0) is 46.7 Å². The molecule has 0 N–H and O–H groups in total.